The number of hydrogen-bond donors (Lipinski definition) is 1. The average molecular weight is 285 g/mol. The topological polar surface area (TPSA) is 76.5 Å². The van der Waals surface area contributed by atoms with Crippen LogP contribution in [0.2, 0.25) is 0 Å². The van der Waals surface area contributed by atoms with E-state index in [4.69, 9.17) is 4.42 Å². The Morgan fingerprint density at radius 1 is 1.67 bits per heavy atom. The molecule has 2 aromatic heterocycles. The monoisotopic (exact) mass is 285 g/mol. The van der Waals surface area contributed by atoms with Gasteiger partial charge in [0, 0.05) is 10.9 Å². The number of thioether (sulfide) groups is 1. The van der Waals surface area contributed by atoms with E-state index in [1.54, 1.807) is 19.3 Å². The lowest BCUT2D eigenvalue weighted by Gasteiger charge is -1.96. The summed E-state index contributed by atoms with van der Waals surface area (Å²) in [6, 6.07) is 5.03. The van der Waals surface area contributed by atoms with Gasteiger partial charge in [0.2, 0.25) is 0 Å². The molecule has 96 valence electrons. The highest BCUT2D eigenvalue weighted by atomic mass is 32.2. The van der Waals surface area contributed by atoms with Gasteiger partial charge in [-0.15, -0.1) is 23.1 Å². The van der Waals surface area contributed by atoms with Crippen molar-refractivity contribution in [1.82, 2.24) is 0 Å². The Morgan fingerprint density at radius 3 is 3.00 bits per heavy atom. The van der Waals surface area contributed by atoms with Gasteiger partial charge in [0.05, 0.1) is 23.0 Å². The molecule has 1 atom stereocenters. The molecular weight excluding hydrogens is 274 g/mol. The van der Waals surface area contributed by atoms with Gasteiger partial charge in [0.1, 0.15) is 9.97 Å². The van der Waals surface area contributed by atoms with E-state index in [1.807, 2.05) is 6.07 Å². The molecule has 0 saturated heterocycles. The van der Waals surface area contributed by atoms with E-state index in [1.165, 1.54) is 29.2 Å². The summed E-state index contributed by atoms with van der Waals surface area (Å²) in [5.74, 6) is 1.30. The molecule has 0 aliphatic heterocycles. The number of rotatable bonds is 5. The summed E-state index contributed by atoms with van der Waals surface area (Å²) in [4.78, 5) is 11.1. The van der Waals surface area contributed by atoms with Crippen molar-refractivity contribution in [3.8, 4) is 0 Å². The normalized spacial score (nSPS) is 12.6. The lowest BCUT2D eigenvalue weighted by atomic mass is 10.3. The number of thiophene rings is 1. The highest BCUT2D eigenvalue weighted by Crippen LogP contribution is 2.41. The standard InChI is InChI=1S/C11H11NO4S2/c1-7(13)10-5-9(12(14)15)11(18-10)17-6-8-3-2-4-16-8/h2-5,7,13H,6H2,1H3/t7-/m1/s1. The first-order valence-electron chi connectivity index (χ1n) is 5.19. The van der Waals surface area contributed by atoms with Crippen LogP contribution in [-0.4, -0.2) is 10.0 Å². The van der Waals surface area contributed by atoms with Crippen LogP contribution in [0.5, 0.6) is 0 Å². The van der Waals surface area contributed by atoms with Crippen molar-refractivity contribution in [2.45, 2.75) is 23.0 Å². The molecule has 0 aliphatic carbocycles. The first-order valence-corrected chi connectivity index (χ1v) is 6.99. The lowest BCUT2D eigenvalue weighted by Crippen LogP contribution is -1.87. The van der Waals surface area contributed by atoms with Gasteiger partial charge in [-0.05, 0) is 19.1 Å². The number of nitrogens with zero attached hydrogens (tertiary/aromatic N) is 1. The summed E-state index contributed by atoms with van der Waals surface area (Å²) in [6.45, 7) is 1.59. The van der Waals surface area contributed by atoms with Crippen molar-refractivity contribution >= 4 is 28.8 Å². The third-order valence-electron chi connectivity index (χ3n) is 2.23. The minimum Gasteiger partial charge on any atom is -0.468 e. The van der Waals surface area contributed by atoms with Crippen molar-refractivity contribution in [2.24, 2.45) is 0 Å². The van der Waals surface area contributed by atoms with Crippen LogP contribution >= 0.6 is 23.1 Å². The zero-order valence-electron chi connectivity index (χ0n) is 9.53. The Morgan fingerprint density at radius 2 is 2.44 bits per heavy atom. The van der Waals surface area contributed by atoms with Crippen LogP contribution in [0, 0.1) is 10.1 Å². The molecule has 0 amide bonds. The number of aliphatic hydroxyl groups is 1. The van der Waals surface area contributed by atoms with Crippen LogP contribution in [0.1, 0.15) is 23.7 Å². The van der Waals surface area contributed by atoms with Crippen LogP contribution in [0.3, 0.4) is 0 Å². The highest BCUT2D eigenvalue weighted by molar-refractivity contribution is 8.00. The molecule has 0 radical (unpaired) electrons. The zero-order chi connectivity index (χ0) is 13.1. The van der Waals surface area contributed by atoms with Crippen molar-refractivity contribution < 1.29 is 14.4 Å². The van der Waals surface area contributed by atoms with Gasteiger partial charge in [-0.2, -0.15) is 0 Å². The molecule has 0 saturated carbocycles. The quantitative estimate of drug-likeness (QED) is 0.516. The lowest BCUT2D eigenvalue weighted by molar-refractivity contribution is -0.387. The van der Waals surface area contributed by atoms with Crippen molar-refractivity contribution in [2.75, 3.05) is 0 Å². The fourth-order valence-corrected chi connectivity index (χ4v) is 3.56. The Hall–Kier alpha value is -1.31. The number of nitro groups is 1. The van der Waals surface area contributed by atoms with Crippen LogP contribution < -0.4 is 0 Å². The molecule has 18 heavy (non-hydrogen) atoms. The SMILES string of the molecule is C[C@@H](O)c1cc([N+](=O)[O-])c(SCc2ccco2)s1. The number of aliphatic hydroxyl groups excluding tert-OH is 1. The smallest absolute Gasteiger partial charge is 0.294 e. The van der Waals surface area contributed by atoms with Crippen LogP contribution in [0.15, 0.2) is 33.1 Å². The number of hydrogen-bond acceptors (Lipinski definition) is 6. The molecule has 7 heteroatoms. The Labute approximate surface area is 112 Å². The maximum absolute atomic E-state index is 10.9. The van der Waals surface area contributed by atoms with E-state index in [9.17, 15) is 15.2 Å². The zero-order valence-corrected chi connectivity index (χ0v) is 11.2. The molecule has 5 nitrogen and oxygen atoms in total. The summed E-state index contributed by atoms with van der Waals surface area (Å²) in [6.07, 6.45) is 0.881. The molecule has 0 spiro atoms. The molecular formula is C11H11NO4S2. The summed E-state index contributed by atoms with van der Waals surface area (Å²) in [7, 11) is 0. The van der Waals surface area contributed by atoms with Gasteiger partial charge >= 0.3 is 0 Å². The largest absolute Gasteiger partial charge is 0.468 e. The van der Waals surface area contributed by atoms with Gasteiger partial charge in [0.25, 0.3) is 5.69 Å². The van der Waals surface area contributed by atoms with E-state index < -0.39 is 11.0 Å². The second-order valence-electron chi connectivity index (χ2n) is 3.62. The Balaban J connectivity index is 2.17. The first kappa shape index (κ1) is 13.1. The molecule has 0 fully saturated rings. The average Bonchev–Trinajstić information content (AvgIpc) is 2.95. The van der Waals surface area contributed by atoms with Gasteiger partial charge in [0.15, 0.2) is 0 Å². The van der Waals surface area contributed by atoms with Crippen molar-refractivity contribution in [3.63, 3.8) is 0 Å². The van der Waals surface area contributed by atoms with Crippen LogP contribution in [-0.2, 0) is 5.75 Å². The Bertz CT molecular complexity index is 533. The molecule has 0 unspecified atom stereocenters. The van der Waals surface area contributed by atoms with E-state index in [0.717, 1.165) is 5.76 Å². The highest BCUT2D eigenvalue weighted by Gasteiger charge is 2.21. The van der Waals surface area contributed by atoms with Crippen molar-refractivity contribution in [1.29, 1.82) is 0 Å². The van der Waals surface area contributed by atoms with Gasteiger partial charge in [-0.3, -0.25) is 10.1 Å². The Kier molecular flexibility index (Phi) is 4.05. The van der Waals surface area contributed by atoms with E-state index in [2.05, 4.69) is 0 Å². The summed E-state index contributed by atoms with van der Waals surface area (Å²) >= 11 is 2.59. The number of furan rings is 1. The maximum atomic E-state index is 10.9. The van der Waals surface area contributed by atoms with Gasteiger partial charge in [-0.25, -0.2) is 0 Å². The molecule has 1 N–H and O–H groups in total. The fraction of sp³-hybridized carbons (Fsp3) is 0.273. The van der Waals surface area contributed by atoms with Crippen molar-refractivity contribution in [3.05, 3.63) is 45.2 Å². The molecule has 0 aliphatic rings. The van der Waals surface area contributed by atoms with Gasteiger partial charge < -0.3 is 9.52 Å². The van der Waals surface area contributed by atoms with Crippen LogP contribution in [0.4, 0.5) is 5.69 Å². The molecule has 0 bridgehead atoms. The summed E-state index contributed by atoms with van der Waals surface area (Å²) in [5.41, 5.74) is 0.0486. The molecule has 2 aromatic rings. The van der Waals surface area contributed by atoms with E-state index >= 15 is 0 Å². The third-order valence-corrected chi connectivity index (χ3v) is 4.83. The van der Waals surface area contributed by atoms with E-state index in [-0.39, 0.29) is 5.69 Å². The minimum absolute atomic E-state index is 0.0486. The fourth-order valence-electron chi connectivity index (χ4n) is 1.35. The van der Waals surface area contributed by atoms with E-state index in [0.29, 0.717) is 14.8 Å². The summed E-state index contributed by atoms with van der Waals surface area (Å²) in [5, 5.41) is 20.4. The van der Waals surface area contributed by atoms with Crippen LogP contribution in [0.25, 0.3) is 0 Å². The summed E-state index contributed by atoms with van der Waals surface area (Å²) < 4.78 is 5.76. The maximum Gasteiger partial charge on any atom is 0.294 e. The molecule has 2 heterocycles. The second kappa shape index (κ2) is 5.55. The third kappa shape index (κ3) is 2.92. The van der Waals surface area contributed by atoms with Gasteiger partial charge in [-0.1, -0.05) is 0 Å². The second-order valence-corrected chi connectivity index (χ2v) is 5.95. The predicted octanol–water partition coefficient (Wildman–Crippen LogP) is 3.59. The predicted molar refractivity (Wildman–Crippen MR) is 69.9 cm³/mol. The molecule has 0 aromatic carbocycles. The minimum atomic E-state index is -0.688. The first-order chi connectivity index (χ1) is 8.58. The molecule has 2 rings (SSSR count).